The number of benzene rings is 2. The highest BCUT2D eigenvalue weighted by molar-refractivity contribution is 6.07. The zero-order chi connectivity index (χ0) is 21.3. The molecule has 0 spiro atoms. The van der Waals surface area contributed by atoms with Gasteiger partial charge in [-0.15, -0.1) is 0 Å². The maximum absolute atomic E-state index is 12.6. The van der Waals surface area contributed by atoms with Crippen LogP contribution in [-0.2, 0) is 12.8 Å². The van der Waals surface area contributed by atoms with Crippen molar-refractivity contribution in [2.75, 3.05) is 23.7 Å². The van der Waals surface area contributed by atoms with E-state index in [-0.39, 0.29) is 17.5 Å². The second kappa shape index (κ2) is 10.3. The van der Waals surface area contributed by atoms with E-state index in [9.17, 15) is 9.59 Å². The van der Waals surface area contributed by atoms with Crippen LogP contribution in [-0.4, -0.2) is 29.9 Å². The first-order valence-electron chi connectivity index (χ1n) is 9.76. The van der Waals surface area contributed by atoms with Gasteiger partial charge in [0.05, 0.1) is 0 Å². The number of anilines is 2. The van der Waals surface area contributed by atoms with Crippen LogP contribution in [0.25, 0.3) is 0 Å². The quantitative estimate of drug-likeness (QED) is 0.460. The van der Waals surface area contributed by atoms with Crippen LogP contribution in [0.15, 0.2) is 66.9 Å². The Morgan fingerprint density at radius 1 is 0.733 bits per heavy atom. The van der Waals surface area contributed by atoms with Crippen molar-refractivity contribution in [3.05, 3.63) is 89.2 Å². The van der Waals surface area contributed by atoms with Crippen molar-refractivity contribution in [2.45, 2.75) is 12.8 Å². The van der Waals surface area contributed by atoms with Crippen molar-refractivity contribution in [1.29, 1.82) is 0 Å². The van der Waals surface area contributed by atoms with Gasteiger partial charge >= 0.3 is 0 Å². The summed E-state index contributed by atoms with van der Waals surface area (Å²) in [5, 5.41) is 5.61. The van der Waals surface area contributed by atoms with E-state index in [0.29, 0.717) is 30.0 Å². The summed E-state index contributed by atoms with van der Waals surface area (Å²) in [6.45, 7) is 1.15. The van der Waals surface area contributed by atoms with E-state index >= 15 is 0 Å². The molecule has 30 heavy (non-hydrogen) atoms. The predicted molar refractivity (Wildman–Crippen MR) is 119 cm³/mol. The van der Waals surface area contributed by atoms with Gasteiger partial charge in [0, 0.05) is 23.1 Å². The molecule has 0 bridgehead atoms. The lowest BCUT2D eigenvalue weighted by atomic mass is 10.1. The summed E-state index contributed by atoms with van der Waals surface area (Å²) in [6, 6.07) is 18.0. The summed E-state index contributed by atoms with van der Waals surface area (Å²) in [4.78, 5) is 29.2. The van der Waals surface area contributed by atoms with Crippen molar-refractivity contribution < 1.29 is 9.59 Å². The molecular formula is C23H25N5O2. The Bertz CT molecular complexity index is 922. The number of rotatable bonds is 8. The maximum Gasteiger partial charge on any atom is 0.274 e. The average molecular weight is 403 g/mol. The Hall–Kier alpha value is -3.55. The molecule has 3 aromatic rings. The van der Waals surface area contributed by atoms with Gasteiger partial charge in [-0.25, -0.2) is 0 Å². The molecule has 0 aliphatic heterocycles. The number of aromatic nitrogens is 1. The molecule has 0 atom stereocenters. The van der Waals surface area contributed by atoms with Gasteiger partial charge in [-0.2, -0.15) is 0 Å². The molecule has 1 aromatic heterocycles. The number of hydrogen-bond donors (Lipinski definition) is 4. The Balaban J connectivity index is 1.65. The first kappa shape index (κ1) is 21.2. The Kier molecular flexibility index (Phi) is 7.26. The molecule has 6 N–H and O–H groups in total. The molecule has 0 unspecified atom stereocenters. The molecule has 0 fully saturated rings. The van der Waals surface area contributed by atoms with Gasteiger partial charge in [-0.1, -0.05) is 24.3 Å². The smallest absolute Gasteiger partial charge is 0.274 e. The van der Waals surface area contributed by atoms with Crippen molar-refractivity contribution in [3.8, 4) is 0 Å². The van der Waals surface area contributed by atoms with E-state index in [2.05, 4.69) is 15.6 Å². The molecule has 0 aliphatic carbocycles. The lowest BCUT2D eigenvalue weighted by Gasteiger charge is -2.09. The van der Waals surface area contributed by atoms with E-state index < -0.39 is 0 Å². The standard InChI is InChI=1S/C23H25N5O2/c24-12-9-16-1-5-19(6-2-16)27-22(29)18-11-14-26-21(15-18)23(30)28-20-7-3-17(4-8-20)10-13-25/h1-8,11,14-15H,9-10,12-13,24-25H2,(H,27,29)(H,28,30). The fourth-order valence-corrected chi connectivity index (χ4v) is 2.94. The first-order valence-corrected chi connectivity index (χ1v) is 9.76. The largest absolute Gasteiger partial charge is 0.330 e. The van der Waals surface area contributed by atoms with Gasteiger partial charge in [-0.3, -0.25) is 14.6 Å². The van der Waals surface area contributed by atoms with Crippen LogP contribution in [0.3, 0.4) is 0 Å². The fourth-order valence-electron chi connectivity index (χ4n) is 2.94. The lowest BCUT2D eigenvalue weighted by molar-refractivity contribution is 0.102. The van der Waals surface area contributed by atoms with Gasteiger partial charge in [-0.05, 0) is 73.5 Å². The number of nitrogens with zero attached hydrogens (tertiary/aromatic N) is 1. The molecule has 0 aliphatic rings. The van der Waals surface area contributed by atoms with Gasteiger partial charge in [0.25, 0.3) is 11.8 Å². The summed E-state index contributed by atoms with van der Waals surface area (Å²) in [5.74, 6) is -0.702. The Morgan fingerprint density at radius 2 is 1.23 bits per heavy atom. The van der Waals surface area contributed by atoms with Crippen LogP contribution in [0.2, 0.25) is 0 Å². The van der Waals surface area contributed by atoms with E-state index in [1.54, 1.807) is 6.07 Å². The maximum atomic E-state index is 12.6. The third-order valence-electron chi connectivity index (χ3n) is 4.54. The van der Waals surface area contributed by atoms with Crippen LogP contribution in [0.1, 0.15) is 32.0 Å². The van der Waals surface area contributed by atoms with Crippen molar-refractivity contribution in [2.24, 2.45) is 11.5 Å². The lowest BCUT2D eigenvalue weighted by Crippen LogP contribution is -2.17. The molecule has 0 saturated heterocycles. The van der Waals surface area contributed by atoms with Gasteiger partial charge < -0.3 is 22.1 Å². The van der Waals surface area contributed by atoms with E-state index in [1.165, 1.54) is 12.3 Å². The average Bonchev–Trinajstić information content (AvgIpc) is 2.77. The topological polar surface area (TPSA) is 123 Å². The van der Waals surface area contributed by atoms with E-state index in [4.69, 9.17) is 11.5 Å². The fraction of sp³-hybridized carbons (Fsp3) is 0.174. The number of nitrogens with two attached hydrogens (primary N) is 2. The zero-order valence-corrected chi connectivity index (χ0v) is 16.6. The minimum atomic E-state index is -0.387. The minimum absolute atomic E-state index is 0.159. The Morgan fingerprint density at radius 3 is 1.73 bits per heavy atom. The van der Waals surface area contributed by atoms with Crippen LogP contribution < -0.4 is 22.1 Å². The van der Waals surface area contributed by atoms with Crippen molar-refractivity contribution in [1.82, 2.24) is 4.98 Å². The second-order valence-electron chi connectivity index (χ2n) is 6.81. The van der Waals surface area contributed by atoms with Crippen LogP contribution in [0.4, 0.5) is 11.4 Å². The van der Waals surface area contributed by atoms with E-state index in [0.717, 1.165) is 24.0 Å². The van der Waals surface area contributed by atoms with Crippen LogP contribution in [0, 0.1) is 0 Å². The molecule has 2 aromatic carbocycles. The normalized spacial score (nSPS) is 10.5. The number of carbonyl (C=O) groups excluding carboxylic acids is 2. The van der Waals surface area contributed by atoms with Gasteiger partial charge in [0.2, 0.25) is 0 Å². The molecule has 154 valence electrons. The molecule has 1 heterocycles. The Labute approximate surface area is 175 Å². The summed E-state index contributed by atoms with van der Waals surface area (Å²) >= 11 is 0. The number of amides is 2. The third kappa shape index (κ3) is 5.73. The van der Waals surface area contributed by atoms with Gasteiger partial charge in [0.1, 0.15) is 5.69 Å². The number of carbonyl (C=O) groups is 2. The number of hydrogen-bond acceptors (Lipinski definition) is 5. The predicted octanol–water partition coefficient (Wildman–Crippen LogP) is 2.59. The summed E-state index contributed by atoms with van der Waals surface area (Å²) in [7, 11) is 0. The van der Waals surface area contributed by atoms with Crippen LogP contribution in [0.5, 0.6) is 0 Å². The third-order valence-corrected chi connectivity index (χ3v) is 4.54. The molecule has 3 rings (SSSR count). The molecule has 0 saturated carbocycles. The van der Waals surface area contributed by atoms with Crippen molar-refractivity contribution in [3.63, 3.8) is 0 Å². The highest BCUT2D eigenvalue weighted by Crippen LogP contribution is 2.14. The summed E-state index contributed by atoms with van der Waals surface area (Å²) < 4.78 is 0. The highest BCUT2D eigenvalue weighted by atomic mass is 16.2. The number of nitrogens with one attached hydrogen (secondary N) is 2. The molecular weight excluding hydrogens is 378 g/mol. The zero-order valence-electron chi connectivity index (χ0n) is 16.6. The summed E-state index contributed by atoms with van der Waals surface area (Å²) in [5.41, 5.74) is 15.1. The van der Waals surface area contributed by atoms with Gasteiger partial charge in [0.15, 0.2) is 0 Å². The molecule has 0 radical (unpaired) electrons. The van der Waals surface area contributed by atoms with Crippen molar-refractivity contribution >= 4 is 23.2 Å². The highest BCUT2D eigenvalue weighted by Gasteiger charge is 2.12. The van der Waals surface area contributed by atoms with Crippen LogP contribution >= 0.6 is 0 Å². The molecule has 7 nitrogen and oxygen atoms in total. The minimum Gasteiger partial charge on any atom is -0.330 e. The second-order valence-corrected chi connectivity index (χ2v) is 6.81. The molecule has 7 heteroatoms. The first-order chi connectivity index (χ1) is 14.6. The van der Waals surface area contributed by atoms with E-state index in [1.807, 2.05) is 48.5 Å². The summed E-state index contributed by atoms with van der Waals surface area (Å²) in [6.07, 6.45) is 3.01. The molecule has 2 amide bonds. The SMILES string of the molecule is NCCc1ccc(NC(=O)c2ccnc(C(=O)Nc3ccc(CCN)cc3)c2)cc1. The number of pyridine rings is 1. The monoisotopic (exact) mass is 403 g/mol.